The maximum absolute atomic E-state index is 12.4. The molecule has 106 valence electrons. The molecule has 4 rings (SSSR count). The van der Waals surface area contributed by atoms with Gasteiger partial charge in [0.1, 0.15) is 5.03 Å². The summed E-state index contributed by atoms with van der Waals surface area (Å²) in [6.07, 6.45) is 3.42. The number of hydrogen-bond donors (Lipinski definition) is 0. The highest BCUT2D eigenvalue weighted by atomic mass is 32.2. The molecule has 0 bridgehead atoms. The van der Waals surface area contributed by atoms with Gasteiger partial charge in [-0.25, -0.2) is 4.68 Å². The van der Waals surface area contributed by atoms with Crippen LogP contribution in [-0.2, 0) is 0 Å². The monoisotopic (exact) mass is 304 g/mol. The van der Waals surface area contributed by atoms with Gasteiger partial charge in [-0.05, 0) is 12.1 Å². The highest BCUT2D eigenvalue weighted by Gasteiger charge is 2.21. The van der Waals surface area contributed by atoms with Crippen LogP contribution in [0.15, 0.2) is 77.8 Å². The van der Waals surface area contributed by atoms with Crippen molar-refractivity contribution in [3.63, 3.8) is 0 Å². The standard InChI is InChI=1S/C18H12N2OS/c21-16(13-6-2-1-3-7-13)12-18-20-15(10-11-19-20)14-8-4-5-9-17(14)22-18/h1-12H/b18-12+. The summed E-state index contributed by atoms with van der Waals surface area (Å²) in [6, 6.07) is 19.4. The molecule has 1 aliphatic heterocycles. The second kappa shape index (κ2) is 5.31. The molecule has 0 N–H and O–H groups in total. The normalized spacial score (nSPS) is 14.5. The molecule has 0 atom stereocenters. The predicted octanol–water partition coefficient (Wildman–Crippen LogP) is 4.34. The van der Waals surface area contributed by atoms with E-state index in [1.54, 1.807) is 24.0 Å². The third kappa shape index (κ3) is 2.18. The minimum atomic E-state index is -0.0102. The van der Waals surface area contributed by atoms with Gasteiger partial charge >= 0.3 is 0 Å². The van der Waals surface area contributed by atoms with Gasteiger partial charge in [-0.1, -0.05) is 60.3 Å². The Hall–Kier alpha value is -2.59. The highest BCUT2D eigenvalue weighted by Crippen LogP contribution is 2.43. The molecule has 1 aromatic heterocycles. The van der Waals surface area contributed by atoms with Crippen molar-refractivity contribution in [2.75, 3.05) is 0 Å². The van der Waals surface area contributed by atoms with Gasteiger partial charge in [0.2, 0.25) is 0 Å². The average Bonchev–Trinajstić information content (AvgIpc) is 3.06. The van der Waals surface area contributed by atoms with E-state index in [9.17, 15) is 4.79 Å². The molecule has 2 aromatic carbocycles. The molecule has 22 heavy (non-hydrogen) atoms. The lowest BCUT2D eigenvalue weighted by Crippen LogP contribution is -2.06. The maximum atomic E-state index is 12.4. The minimum Gasteiger partial charge on any atom is -0.289 e. The van der Waals surface area contributed by atoms with Crippen LogP contribution in [0.1, 0.15) is 10.4 Å². The van der Waals surface area contributed by atoms with Gasteiger partial charge in [0.25, 0.3) is 0 Å². The van der Waals surface area contributed by atoms with Crippen molar-refractivity contribution >= 4 is 22.6 Å². The van der Waals surface area contributed by atoms with Crippen LogP contribution in [0.3, 0.4) is 0 Å². The number of allylic oxidation sites excluding steroid dienone is 1. The molecule has 0 unspecified atom stereocenters. The molecule has 3 nitrogen and oxygen atoms in total. The summed E-state index contributed by atoms with van der Waals surface area (Å²) in [6.45, 7) is 0. The first-order valence-corrected chi connectivity index (χ1v) is 7.77. The van der Waals surface area contributed by atoms with Gasteiger partial charge in [0.05, 0.1) is 11.9 Å². The Labute approximate surface area is 132 Å². The predicted molar refractivity (Wildman–Crippen MR) is 88.6 cm³/mol. The molecule has 0 amide bonds. The van der Waals surface area contributed by atoms with Crippen LogP contribution in [0.2, 0.25) is 0 Å². The third-order valence-electron chi connectivity index (χ3n) is 3.54. The van der Waals surface area contributed by atoms with Gasteiger partial charge in [-0.15, -0.1) is 0 Å². The molecule has 3 aromatic rings. The van der Waals surface area contributed by atoms with Crippen molar-refractivity contribution in [3.8, 4) is 11.3 Å². The van der Waals surface area contributed by atoms with Crippen molar-refractivity contribution in [2.24, 2.45) is 0 Å². The molecule has 0 saturated carbocycles. The van der Waals surface area contributed by atoms with E-state index >= 15 is 0 Å². The minimum absolute atomic E-state index is 0.0102. The number of carbonyl (C=O) groups is 1. The molecule has 4 heteroatoms. The molecule has 1 aliphatic rings. The number of thioether (sulfide) groups is 1. The number of fused-ring (bicyclic) bond motifs is 3. The summed E-state index contributed by atoms with van der Waals surface area (Å²) >= 11 is 1.57. The zero-order valence-electron chi connectivity index (χ0n) is 11.6. The third-order valence-corrected chi connectivity index (χ3v) is 4.62. The molecule has 0 spiro atoms. The van der Waals surface area contributed by atoms with E-state index in [1.165, 1.54) is 0 Å². The fraction of sp³-hybridized carbons (Fsp3) is 0. The number of carbonyl (C=O) groups excluding carboxylic acids is 1. The molecular weight excluding hydrogens is 292 g/mol. The lowest BCUT2D eigenvalue weighted by molar-refractivity contribution is 0.104. The van der Waals surface area contributed by atoms with Crippen LogP contribution in [0.4, 0.5) is 0 Å². The van der Waals surface area contributed by atoms with E-state index < -0.39 is 0 Å². The molecule has 2 heterocycles. The van der Waals surface area contributed by atoms with Gasteiger partial charge in [0, 0.05) is 22.1 Å². The fourth-order valence-electron chi connectivity index (χ4n) is 2.49. The van der Waals surface area contributed by atoms with Gasteiger partial charge in [0.15, 0.2) is 5.78 Å². The molecule has 0 fully saturated rings. The SMILES string of the molecule is O=C(/C=C1/Sc2ccccc2-c2ccnn21)c1ccccc1. The van der Waals surface area contributed by atoms with Crippen LogP contribution < -0.4 is 0 Å². The Balaban J connectivity index is 1.79. The fourth-order valence-corrected chi connectivity index (χ4v) is 3.55. The summed E-state index contributed by atoms with van der Waals surface area (Å²) in [5.41, 5.74) is 2.85. The lowest BCUT2D eigenvalue weighted by atomic mass is 10.1. The van der Waals surface area contributed by atoms with Gasteiger partial charge in [-0.2, -0.15) is 5.10 Å². The van der Waals surface area contributed by atoms with E-state index in [4.69, 9.17) is 0 Å². The smallest absolute Gasteiger partial charge is 0.188 e. The van der Waals surface area contributed by atoms with Crippen LogP contribution in [0, 0.1) is 0 Å². The van der Waals surface area contributed by atoms with E-state index in [2.05, 4.69) is 17.2 Å². The second-order valence-corrected chi connectivity index (χ2v) is 6.00. The van der Waals surface area contributed by atoms with Crippen LogP contribution >= 0.6 is 11.8 Å². The first kappa shape index (κ1) is 13.1. The van der Waals surface area contributed by atoms with Crippen molar-refractivity contribution in [1.82, 2.24) is 9.78 Å². The van der Waals surface area contributed by atoms with Gasteiger partial charge in [-0.3, -0.25) is 4.79 Å². The first-order chi connectivity index (χ1) is 10.8. The molecule has 0 saturated heterocycles. The second-order valence-electron chi connectivity index (χ2n) is 4.94. The number of nitrogens with zero attached hydrogens (tertiary/aromatic N) is 2. The summed E-state index contributed by atoms with van der Waals surface area (Å²) in [4.78, 5) is 13.6. The maximum Gasteiger partial charge on any atom is 0.188 e. The quantitative estimate of drug-likeness (QED) is 0.522. The Bertz CT molecular complexity index is 881. The van der Waals surface area contributed by atoms with Gasteiger partial charge < -0.3 is 0 Å². The lowest BCUT2D eigenvalue weighted by Gasteiger charge is -2.19. The van der Waals surface area contributed by atoms with Crippen molar-refractivity contribution < 1.29 is 4.79 Å². The number of rotatable bonds is 2. The Morgan fingerprint density at radius 3 is 2.64 bits per heavy atom. The van der Waals surface area contributed by atoms with Crippen molar-refractivity contribution in [2.45, 2.75) is 4.90 Å². The number of benzene rings is 2. The first-order valence-electron chi connectivity index (χ1n) is 6.96. The molecule has 0 aliphatic carbocycles. The van der Waals surface area contributed by atoms with E-state index in [0.717, 1.165) is 21.2 Å². The van der Waals surface area contributed by atoms with E-state index in [-0.39, 0.29) is 5.78 Å². The summed E-state index contributed by atoms with van der Waals surface area (Å²) in [5.74, 6) is -0.0102. The zero-order chi connectivity index (χ0) is 14.9. The number of aromatic nitrogens is 2. The molecular formula is C18H12N2OS. The Kier molecular flexibility index (Phi) is 3.16. The average molecular weight is 304 g/mol. The van der Waals surface area contributed by atoms with Crippen LogP contribution in [-0.4, -0.2) is 15.6 Å². The summed E-state index contributed by atoms with van der Waals surface area (Å²) < 4.78 is 1.83. The Morgan fingerprint density at radius 1 is 1.00 bits per heavy atom. The van der Waals surface area contributed by atoms with Crippen molar-refractivity contribution in [1.29, 1.82) is 0 Å². The summed E-state index contributed by atoms with van der Waals surface area (Å²) in [5, 5.41) is 5.19. The molecule has 0 radical (unpaired) electrons. The van der Waals surface area contributed by atoms with E-state index in [0.29, 0.717) is 5.56 Å². The van der Waals surface area contributed by atoms with Crippen molar-refractivity contribution in [3.05, 3.63) is 78.5 Å². The summed E-state index contributed by atoms with van der Waals surface area (Å²) in [7, 11) is 0. The zero-order valence-corrected chi connectivity index (χ0v) is 12.5. The number of ketones is 1. The van der Waals surface area contributed by atoms with Crippen LogP contribution in [0.25, 0.3) is 16.3 Å². The Morgan fingerprint density at radius 2 is 1.77 bits per heavy atom. The number of hydrogen-bond acceptors (Lipinski definition) is 3. The largest absolute Gasteiger partial charge is 0.289 e. The van der Waals surface area contributed by atoms with Crippen LogP contribution in [0.5, 0.6) is 0 Å². The topological polar surface area (TPSA) is 34.9 Å². The highest BCUT2D eigenvalue weighted by molar-refractivity contribution is 8.08. The van der Waals surface area contributed by atoms with E-state index in [1.807, 2.05) is 53.2 Å².